The Balaban J connectivity index is 1.50. The van der Waals surface area contributed by atoms with Crippen molar-refractivity contribution in [3.8, 4) is 0 Å². The van der Waals surface area contributed by atoms with E-state index in [1.54, 1.807) is 18.2 Å². The van der Waals surface area contributed by atoms with Crippen LogP contribution in [-0.4, -0.2) is 22.1 Å². The van der Waals surface area contributed by atoms with Gasteiger partial charge in [-0.25, -0.2) is 15.0 Å². The minimum Gasteiger partial charge on any atom is -0.348 e. The molecule has 0 fully saturated rings. The van der Waals surface area contributed by atoms with Gasteiger partial charge >= 0.3 is 0 Å². The number of nitro groups is 1. The Bertz CT molecular complexity index is 1910. The number of aliphatic imine (C=N–C) groups is 3. The molecule has 0 bridgehead atoms. The van der Waals surface area contributed by atoms with Crippen molar-refractivity contribution in [1.82, 2.24) is 5.32 Å². The van der Waals surface area contributed by atoms with E-state index in [1.807, 2.05) is 97.1 Å². The lowest BCUT2D eigenvalue weighted by molar-refractivity contribution is -0.385. The van der Waals surface area contributed by atoms with Crippen LogP contribution < -0.4 is 5.32 Å². The van der Waals surface area contributed by atoms with Crippen LogP contribution in [-0.2, 0) is 5.54 Å². The zero-order valence-electron chi connectivity index (χ0n) is 23.0. The minimum absolute atomic E-state index is 0.0353. The lowest BCUT2D eigenvalue weighted by Gasteiger charge is -2.33. The summed E-state index contributed by atoms with van der Waals surface area (Å²) in [5, 5.41) is 15.8. The minimum atomic E-state index is -0.842. The molecule has 2 aliphatic rings. The number of para-hydroxylation sites is 1. The van der Waals surface area contributed by atoms with Gasteiger partial charge in [0.25, 0.3) is 5.69 Å². The Morgan fingerprint density at radius 2 is 1.05 bits per heavy atom. The summed E-state index contributed by atoms with van der Waals surface area (Å²) in [6.45, 7) is 0. The van der Waals surface area contributed by atoms with E-state index in [9.17, 15) is 10.1 Å². The molecule has 0 saturated carbocycles. The van der Waals surface area contributed by atoms with Crippen molar-refractivity contribution < 1.29 is 4.92 Å². The standard InChI is InChI=1S/C36H25N5O2/c42-41(43)30-24-14-13-23-29(30)32-31(25-15-5-1-6-16-25)37-34(38-32)35-39-33(26-17-7-2-8-18-26)36(40-35,27-19-9-3-10-20-27)28-21-11-4-12-22-28/h1-24,40H. The van der Waals surface area contributed by atoms with Gasteiger partial charge in [-0.3, -0.25) is 10.1 Å². The van der Waals surface area contributed by atoms with Crippen molar-refractivity contribution in [2.24, 2.45) is 15.0 Å². The summed E-state index contributed by atoms with van der Waals surface area (Å²) < 4.78 is 0. The van der Waals surface area contributed by atoms with E-state index in [0.717, 1.165) is 28.0 Å². The van der Waals surface area contributed by atoms with Crippen LogP contribution in [0.25, 0.3) is 0 Å². The highest BCUT2D eigenvalue weighted by molar-refractivity contribution is 6.55. The first kappa shape index (κ1) is 26.0. The maximum absolute atomic E-state index is 12.0. The third-order valence-electron chi connectivity index (χ3n) is 7.62. The van der Waals surface area contributed by atoms with Gasteiger partial charge in [-0.05, 0) is 22.8 Å². The fourth-order valence-electron chi connectivity index (χ4n) is 5.67. The number of nitro benzene ring substituents is 1. The van der Waals surface area contributed by atoms with Crippen molar-refractivity contribution in [1.29, 1.82) is 0 Å². The predicted molar refractivity (Wildman–Crippen MR) is 169 cm³/mol. The number of rotatable bonds is 6. The SMILES string of the molecule is O=[N+]([O-])c1ccccc1C1=NC(=C2N=C(c3ccccc3)C(c3ccccc3)(c3ccccc3)N2)N=C1c1ccccc1. The van der Waals surface area contributed by atoms with Gasteiger partial charge < -0.3 is 5.32 Å². The fraction of sp³-hybridized carbons (Fsp3) is 0.0278. The smallest absolute Gasteiger partial charge is 0.278 e. The van der Waals surface area contributed by atoms with Crippen LogP contribution >= 0.6 is 0 Å². The van der Waals surface area contributed by atoms with E-state index >= 15 is 0 Å². The quantitative estimate of drug-likeness (QED) is 0.178. The van der Waals surface area contributed by atoms with Crippen molar-refractivity contribution in [3.63, 3.8) is 0 Å². The molecule has 7 heteroatoms. The summed E-state index contributed by atoms with van der Waals surface area (Å²) >= 11 is 0. The second-order valence-corrected chi connectivity index (χ2v) is 10.2. The van der Waals surface area contributed by atoms with Gasteiger partial charge in [-0.15, -0.1) is 0 Å². The number of hydrogen-bond donors (Lipinski definition) is 1. The summed E-state index contributed by atoms with van der Waals surface area (Å²) in [4.78, 5) is 26.8. The molecule has 0 aromatic heterocycles. The second-order valence-electron chi connectivity index (χ2n) is 10.2. The maximum Gasteiger partial charge on any atom is 0.278 e. The molecule has 2 heterocycles. The van der Waals surface area contributed by atoms with Crippen molar-refractivity contribution in [2.75, 3.05) is 0 Å². The average Bonchev–Trinajstić information content (AvgIpc) is 3.70. The highest BCUT2D eigenvalue weighted by Crippen LogP contribution is 2.41. The first-order valence-corrected chi connectivity index (χ1v) is 13.9. The highest BCUT2D eigenvalue weighted by Gasteiger charge is 2.46. The van der Waals surface area contributed by atoms with Gasteiger partial charge in [-0.1, -0.05) is 133 Å². The van der Waals surface area contributed by atoms with Gasteiger partial charge in [-0.2, -0.15) is 0 Å². The van der Waals surface area contributed by atoms with Crippen LogP contribution in [0.15, 0.2) is 172 Å². The third kappa shape index (κ3) is 4.53. The second kappa shape index (κ2) is 10.8. The van der Waals surface area contributed by atoms with Gasteiger partial charge in [0.1, 0.15) is 11.3 Å². The molecule has 206 valence electrons. The Morgan fingerprint density at radius 1 is 0.558 bits per heavy atom. The molecule has 0 aliphatic carbocycles. The lowest BCUT2D eigenvalue weighted by Crippen LogP contribution is -2.45. The molecular formula is C36H25N5O2. The highest BCUT2D eigenvalue weighted by atomic mass is 16.6. The molecule has 0 unspecified atom stereocenters. The summed E-state index contributed by atoms with van der Waals surface area (Å²) in [5.41, 5.74) is 5.07. The molecule has 0 radical (unpaired) electrons. The third-order valence-corrected chi connectivity index (χ3v) is 7.62. The Morgan fingerprint density at radius 3 is 1.63 bits per heavy atom. The molecule has 2 aliphatic heterocycles. The number of benzene rings is 5. The number of hydrogen-bond acceptors (Lipinski definition) is 6. The Hall–Kier alpha value is -5.95. The largest absolute Gasteiger partial charge is 0.348 e. The van der Waals surface area contributed by atoms with Crippen LogP contribution in [0.4, 0.5) is 5.69 Å². The molecule has 0 atom stereocenters. The van der Waals surface area contributed by atoms with Crippen LogP contribution in [0.2, 0.25) is 0 Å². The molecule has 7 rings (SSSR count). The predicted octanol–water partition coefficient (Wildman–Crippen LogP) is 7.05. The van der Waals surface area contributed by atoms with Crippen LogP contribution in [0.5, 0.6) is 0 Å². The molecule has 1 N–H and O–H groups in total. The molecular weight excluding hydrogens is 534 g/mol. The van der Waals surface area contributed by atoms with Crippen LogP contribution in [0, 0.1) is 10.1 Å². The first-order valence-electron chi connectivity index (χ1n) is 13.9. The topological polar surface area (TPSA) is 92.2 Å². The monoisotopic (exact) mass is 559 g/mol. The van der Waals surface area contributed by atoms with E-state index in [-0.39, 0.29) is 10.6 Å². The summed E-state index contributed by atoms with van der Waals surface area (Å²) in [6, 6.07) is 46.7. The van der Waals surface area contributed by atoms with E-state index in [2.05, 4.69) is 29.6 Å². The fourth-order valence-corrected chi connectivity index (χ4v) is 5.67. The molecule has 7 nitrogen and oxygen atoms in total. The summed E-state index contributed by atoms with van der Waals surface area (Å²) in [7, 11) is 0. The average molecular weight is 560 g/mol. The Kier molecular flexibility index (Phi) is 6.52. The summed E-state index contributed by atoms with van der Waals surface area (Å²) in [5.74, 6) is 0.836. The molecule has 43 heavy (non-hydrogen) atoms. The van der Waals surface area contributed by atoms with E-state index < -0.39 is 5.54 Å². The first-order chi connectivity index (χ1) is 21.1. The zero-order chi connectivity index (χ0) is 29.2. The van der Waals surface area contributed by atoms with Gasteiger partial charge in [0.15, 0.2) is 11.6 Å². The number of nitrogens with one attached hydrogen (secondary N) is 1. The Labute approximate surface area is 248 Å². The summed E-state index contributed by atoms with van der Waals surface area (Å²) in [6.07, 6.45) is 0. The molecule has 5 aromatic carbocycles. The van der Waals surface area contributed by atoms with Crippen molar-refractivity contribution >= 4 is 22.8 Å². The van der Waals surface area contributed by atoms with Gasteiger partial charge in [0.2, 0.25) is 0 Å². The van der Waals surface area contributed by atoms with Crippen molar-refractivity contribution in [2.45, 2.75) is 5.54 Å². The molecule has 0 amide bonds. The van der Waals surface area contributed by atoms with Crippen LogP contribution in [0.1, 0.15) is 27.8 Å². The van der Waals surface area contributed by atoms with E-state index in [4.69, 9.17) is 15.0 Å². The molecule has 0 spiro atoms. The number of nitrogens with zero attached hydrogens (tertiary/aromatic N) is 4. The van der Waals surface area contributed by atoms with E-state index in [1.165, 1.54) is 6.07 Å². The van der Waals surface area contributed by atoms with Crippen molar-refractivity contribution in [3.05, 3.63) is 195 Å². The zero-order valence-corrected chi connectivity index (χ0v) is 23.0. The lowest BCUT2D eigenvalue weighted by atomic mass is 9.77. The van der Waals surface area contributed by atoms with Gasteiger partial charge in [0.05, 0.1) is 21.9 Å². The van der Waals surface area contributed by atoms with Crippen LogP contribution in [0.3, 0.4) is 0 Å². The normalized spacial score (nSPS) is 17.1. The molecule has 0 saturated heterocycles. The maximum atomic E-state index is 12.0. The van der Waals surface area contributed by atoms with Gasteiger partial charge in [0, 0.05) is 11.6 Å². The molecule has 5 aromatic rings. The van der Waals surface area contributed by atoms with E-state index in [0.29, 0.717) is 28.6 Å².